The molecule has 0 radical (unpaired) electrons. The van der Waals surface area contributed by atoms with Crippen molar-refractivity contribution in [2.75, 3.05) is 26.2 Å². The average molecular weight is 553 g/mol. The second-order valence-electron chi connectivity index (χ2n) is 10.3. The Morgan fingerprint density at radius 1 is 1.02 bits per heavy atom. The molecule has 0 spiro atoms. The number of hydrogen-bond acceptors (Lipinski definition) is 3. The fraction of sp³-hybridized carbons (Fsp3) is 0.367. The van der Waals surface area contributed by atoms with Crippen LogP contribution in [-0.2, 0) is 22.2 Å². The fourth-order valence-electron chi connectivity index (χ4n) is 5.82. The Kier molecular flexibility index (Phi) is 7.69. The molecule has 2 atom stereocenters. The van der Waals surface area contributed by atoms with E-state index in [0.717, 1.165) is 30.9 Å². The Morgan fingerprint density at radius 2 is 1.70 bits per heavy atom. The van der Waals surface area contributed by atoms with Gasteiger partial charge in [0.15, 0.2) is 0 Å². The van der Waals surface area contributed by atoms with Gasteiger partial charge in [0.05, 0.1) is 29.4 Å². The number of carbonyl (C=O) groups excluding carboxylic acids is 3. The molecule has 3 heterocycles. The highest BCUT2D eigenvalue weighted by atomic mass is 19.4. The number of nitrogens with zero attached hydrogens (tertiary/aromatic N) is 3. The van der Waals surface area contributed by atoms with Crippen LogP contribution in [0, 0.1) is 0 Å². The van der Waals surface area contributed by atoms with Gasteiger partial charge in [-0.2, -0.15) is 13.2 Å². The van der Waals surface area contributed by atoms with Gasteiger partial charge in [-0.15, -0.1) is 6.58 Å². The van der Waals surface area contributed by atoms with E-state index in [4.69, 9.17) is 0 Å². The molecule has 1 saturated heterocycles. The summed E-state index contributed by atoms with van der Waals surface area (Å²) in [4.78, 5) is 45.8. The van der Waals surface area contributed by atoms with Gasteiger partial charge >= 0.3 is 12.2 Å². The molecule has 0 bridgehead atoms. The number of hydrogen-bond donors (Lipinski definition) is 1. The monoisotopic (exact) mass is 552 g/mol. The molecular formula is C30H31F3N4O3. The third-order valence-electron chi connectivity index (χ3n) is 7.74. The van der Waals surface area contributed by atoms with E-state index in [0.29, 0.717) is 18.8 Å². The van der Waals surface area contributed by atoms with Crippen molar-refractivity contribution in [1.29, 1.82) is 0 Å². The molecule has 2 aromatic rings. The minimum atomic E-state index is -4.69. The fourth-order valence-corrected chi connectivity index (χ4v) is 5.82. The third kappa shape index (κ3) is 5.22. The highest BCUT2D eigenvalue weighted by Gasteiger charge is 2.49. The smallest absolute Gasteiger partial charge is 0.341 e. The van der Waals surface area contributed by atoms with Crippen LogP contribution in [0.3, 0.4) is 0 Å². The number of piperidine rings is 1. The highest BCUT2D eigenvalue weighted by Crippen LogP contribution is 2.42. The van der Waals surface area contributed by atoms with Gasteiger partial charge in [-0.25, -0.2) is 4.79 Å². The summed E-state index contributed by atoms with van der Waals surface area (Å²) in [5.74, 6) is -0.754. The lowest BCUT2D eigenvalue weighted by Gasteiger charge is -2.35. The van der Waals surface area contributed by atoms with E-state index in [-0.39, 0.29) is 36.6 Å². The summed E-state index contributed by atoms with van der Waals surface area (Å²) in [5, 5.41) is 2.62. The summed E-state index contributed by atoms with van der Waals surface area (Å²) >= 11 is 0. The molecule has 210 valence electrons. The van der Waals surface area contributed by atoms with E-state index >= 15 is 0 Å². The van der Waals surface area contributed by atoms with Crippen LogP contribution in [0.1, 0.15) is 42.0 Å². The molecular weight excluding hydrogens is 521 g/mol. The van der Waals surface area contributed by atoms with Crippen molar-refractivity contribution in [3.63, 3.8) is 0 Å². The van der Waals surface area contributed by atoms with E-state index in [9.17, 15) is 27.6 Å². The van der Waals surface area contributed by atoms with Crippen LogP contribution in [0.5, 0.6) is 0 Å². The normalized spacial score (nSPS) is 20.4. The van der Waals surface area contributed by atoms with Crippen LogP contribution in [0.2, 0.25) is 0 Å². The second kappa shape index (κ2) is 11.2. The number of likely N-dealkylation sites (tertiary alicyclic amines) is 1. The lowest BCUT2D eigenvalue weighted by atomic mass is 9.91. The van der Waals surface area contributed by atoms with E-state index in [2.05, 4.69) is 11.9 Å². The Hall–Kier alpha value is -4.08. The van der Waals surface area contributed by atoms with Gasteiger partial charge in [-0.3, -0.25) is 14.5 Å². The number of halogens is 3. The average Bonchev–Trinajstić information content (AvgIpc) is 3.30. The van der Waals surface area contributed by atoms with Crippen molar-refractivity contribution < 1.29 is 27.6 Å². The van der Waals surface area contributed by atoms with E-state index in [1.54, 1.807) is 4.90 Å². The molecule has 5 rings (SSSR count). The molecule has 40 heavy (non-hydrogen) atoms. The predicted octanol–water partition coefficient (Wildman–Crippen LogP) is 4.68. The number of benzene rings is 2. The van der Waals surface area contributed by atoms with Crippen molar-refractivity contribution in [2.24, 2.45) is 0 Å². The molecule has 0 saturated carbocycles. The van der Waals surface area contributed by atoms with Crippen molar-refractivity contribution in [3.05, 3.63) is 95.2 Å². The molecule has 7 nitrogen and oxygen atoms in total. The molecule has 4 amide bonds. The molecule has 3 aliphatic heterocycles. The number of nitrogens with one attached hydrogen (secondary N) is 1. The Labute approximate surface area is 230 Å². The van der Waals surface area contributed by atoms with E-state index in [1.165, 1.54) is 34.1 Å². The maximum absolute atomic E-state index is 14.2. The lowest BCUT2D eigenvalue weighted by Crippen LogP contribution is -2.52. The summed E-state index contributed by atoms with van der Waals surface area (Å²) in [6.07, 6.45) is -0.197. The van der Waals surface area contributed by atoms with Crippen molar-refractivity contribution in [3.8, 4) is 0 Å². The highest BCUT2D eigenvalue weighted by molar-refractivity contribution is 6.03. The van der Waals surface area contributed by atoms with Crippen molar-refractivity contribution in [1.82, 2.24) is 20.0 Å². The quantitative estimate of drug-likeness (QED) is 0.508. The largest absolute Gasteiger partial charge is 0.416 e. The first-order chi connectivity index (χ1) is 19.2. The number of amides is 4. The van der Waals surface area contributed by atoms with Crippen LogP contribution in [0.4, 0.5) is 18.0 Å². The number of rotatable bonds is 7. The maximum Gasteiger partial charge on any atom is 0.416 e. The zero-order chi connectivity index (χ0) is 28.4. The van der Waals surface area contributed by atoms with Crippen LogP contribution < -0.4 is 5.32 Å². The van der Waals surface area contributed by atoms with Gasteiger partial charge < -0.3 is 15.1 Å². The number of alkyl halides is 3. The second-order valence-corrected chi connectivity index (χ2v) is 10.3. The van der Waals surface area contributed by atoms with Crippen LogP contribution in [0.25, 0.3) is 0 Å². The molecule has 1 fully saturated rings. The zero-order valence-corrected chi connectivity index (χ0v) is 22.0. The zero-order valence-electron chi connectivity index (χ0n) is 22.0. The van der Waals surface area contributed by atoms with Crippen molar-refractivity contribution in [2.45, 2.75) is 43.9 Å². The minimum Gasteiger partial charge on any atom is -0.341 e. The molecule has 0 unspecified atom stereocenters. The van der Waals surface area contributed by atoms with Gasteiger partial charge in [0.2, 0.25) is 5.91 Å². The third-order valence-corrected chi connectivity index (χ3v) is 7.74. The van der Waals surface area contributed by atoms with Crippen LogP contribution in [0.15, 0.2) is 78.5 Å². The van der Waals surface area contributed by atoms with Crippen molar-refractivity contribution >= 4 is 17.8 Å². The van der Waals surface area contributed by atoms with Gasteiger partial charge in [0, 0.05) is 26.1 Å². The Balaban J connectivity index is 1.57. The topological polar surface area (TPSA) is 73.0 Å². The predicted molar refractivity (Wildman–Crippen MR) is 143 cm³/mol. The van der Waals surface area contributed by atoms with Gasteiger partial charge in [0.25, 0.3) is 5.91 Å². The molecule has 10 heteroatoms. The standard InChI is InChI=1S/C30H31F3N4O3/c1-2-15-36-24-19-37(23(18-20-11-5-3-6-12-20)27(38)35-16-9-4-10-17-35)28(39)25(24)26(34-29(36)40)21-13-7-8-14-22(21)30(31,32)33/h2-3,5-8,11-14,23,26H,1,4,9-10,15-19H2,(H,34,40)/t23-,26+/m0/s1. The summed E-state index contributed by atoms with van der Waals surface area (Å²) in [5.41, 5.74) is 0.0431. The molecule has 1 N–H and O–H groups in total. The first-order valence-electron chi connectivity index (χ1n) is 13.4. The summed E-state index contributed by atoms with van der Waals surface area (Å²) in [6, 6.07) is 11.4. The first kappa shape index (κ1) is 27.5. The first-order valence-corrected chi connectivity index (χ1v) is 13.4. The van der Waals surface area contributed by atoms with Gasteiger partial charge in [-0.05, 0) is 36.5 Å². The molecule has 0 aliphatic carbocycles. The summed E-state index contributed by atoms with van der Waals surface area (Å²) < 4.78 is 42.0. The van der Waals surface area contributed by atoms with E-state index < -0.39 is 35.8 Å². The maximum atomic E-state index is 14.2. The van der Waals surface area contributed by atoms with Gasteiger partial charge in [0.1, 0.15) is 6.04 Å². The van der Waals surface area contributed by atoms with E-state index in [1.807, 2.05) is 30.3 Å². The number of carbonyl (C=O) groups is 3. The number of urea groups is 1. The minimum absolute atomic E-state index is 0.0441. The SMILES string of the molecule is C=CCN1C(=O)N[C@H](c2ccccc2C(F)(F)F)C2=C1CN([C@@H](Cc1ccccc1)C(=O)N1CCCCC1)C2=O. The Bertz CT molecular complexity index is 1340. The van der Waals surface area contributed by atoms with Crippen LogP contribution >= 0.6 is 0 Å². The molecule has 0 aromatic heterocycles. The molecule has 2 aromatic carbocycles. The Morgan fingerprint density at radius 3 is 2.38 bits per heavy atom. The summed E-state index contributed by atoms with van der Waals surface area (Å²) in [7, 11) is 0. The van der Waals surface area contributed by atoms with Crippen LogP contribution in [-0.4, -0.2) is 64.8 Å². The lowest BCUT2D eigenvalue weighted by molar-refractivity contribution is -0.143. The van der Waals surface area contributed by atoms with Gasteiger partial charge in [-0.1, -0.05) is 54.6 Å². The summed E-state index contributed by atoms with van der Waals surface area (Å²) in [6.45, 7) is 4.85. The molecule has 3 aliphatic rings.